The van der Waals surface area contributed by atoms with Crippen LogP contribution in [0.1, 0.15) is 21.6 Å². The predicted molar refractivity (Wildman–Crippen MR) is 103 cm³/mol. The molecule has 1 aromatic heterocycles. The van der Waals surface area contributed by atoms with Crippen LogP contribution >= 0.6 is 11.3 Å². The maximum absolute atomic E-state index is 12.5. The van der Waals surface area contributed by atoms with Crippen LogP contribution in [0, 0.1) is 0 Å². The van der Waals surface area contributed by atoms with Crippen molar-refractivity contribution in [3.8, 4) is 0 Å². The third kappa shape index (κ3) is 4.77. The van der Waals surface area contributed by atoms with Gasteiger partial charge in [0.15, 0.2) is 5.13 Å². The van der Waals surface area contributed by atoms with E-state index in [1.54, 1.807) is 17.3 Å². The van der Waals surface area contributed by atoms with E-state index in [0.29, 0.717) is 17.4 Å². The van der Waals surface area contributed by atoms with Gasteiger partial charge in [-0.15, -0.1) is 11.3 Å². The van der Waals surface area contributed by atoms with Crippen LogP contribution in [0.5, 0.6) is 0 Å². The van der Waals surface area contributed by atoms with Gasteiger partial charge in [0.2, 0.25) is 5.91 Å². The molecule has 1 heterocycles. The molecule has 0 atom stereocenters. The molecule has 0 aliphatic carbocycles. The molecule has 0 bridgehead atoms. The number of hydrogen-bond donors (Lipinski definition) is 1. The van der Waals surface area contributed by atoms with Crippen molar-refractivity contribution in [3.63, 3.8) is 0 Å². The van der Waals surface area contributed by atoms with Crippen molar-refractivity contribution in [2.45, 2.75) is 13.0 Å². The monoisotopic (exact) mass is 365 g/mol. The average molecular weight is 365 g/mol. The summed E-state index contributed by atoms with van der Waals surface area (Å²) in [6.07, 6.45) is 0.275. The number of thiazole rings is 1. The van der Waals surface area contributed by atoms with Gasteiger partial charge < -0.3 is 10.2 Å². The Bertz CT molecular complexity index is 878. The molecular weight excluding hydrogens is 346 g/mol. The van der Waals surface area contributed by atoms with Crippen LogP contribution in [0.25, 0.3) is 0 Å². The lowest BCUT2D eigenvalue weighted by molar-refractivity contribution is -0.115. The molecule has 2 amide bonds. The van der Waals surface area contributed by atoms with E-state index in [9.17, 15) is 9.59 Å². The standard InChI is InChI=1S/C20H19N3O2S/c1-23(13-16-10-6-3-7-11-16)19(25)17-14-26-20(21-17)22-18(24)12-15-8-4-2-5-9-15/h2-11,14H,12-13H2,1H3,(H,21,22,24). The maximum Gasteiger partial charge on any atom is 0.273 e. The third-order valence-electron chi connectivity index (χ3n) is 3.79. The minimum atomic E-state index is -0.173. The first-order valence-corrected chi connectivity index (χ1v) is 9.08. The molecule has 6 heteroatoms. The maximum atomic E-state index is 12.5. The number of hydrogen-bond acceptors (Lipinski definition) is 4. The fourth-order valence-electron chi connectivity index (χ4n) is 2.50. The molecule has 0 radical (unpaired) electrons. The molecule has 5 nitrogen and oxygen atoms in total. The zero-order valence-electron chi connectivity index (χ0n) is 14.4. The number of carbonyl (C=O) groups is 2. The van der Waals surface area contributed by atoms with Gasteiger partial charge in [0, 0.05) is 19.0 Å². The van der Waals surface area contributed by atoms with Gasteiger partial charge in [0.25, 0.3) is 5.91 Å². The van der Waals surface area contributed by atoms with Gasteiger partial charge in [-0.3, -0.25) is 9.59 Å². The van der Waals surface area contributed by atoms with E-state index in [4.69, 9.17) is 0 Å². The molecule has 0 saturated heterocycles. The molecule has 0 aliphatic heterocycles. The van der Waals surface area contributed by atoms with E-state index in [-0.39, 0.29) is 18.2 Å². The quantitative estimate of drug-likeness (QED) is 0.726. The van der Waals surface area contributed by atoms with Crippen LogP contribution in [-0.4, -0.2) is 28.7 Å². The van der Waals surface area contributed by atoms with Gasteiger partial charge in [-0.2, -0.15) is 0 Å². The van der Waals surface area contributed by atoms with Crippen LogP contribution < -0.4 is 5.32 Å². The minimum absolute atomic E-state index is 0.151. The van der Waals surface area contributed by atoms with Gasteiger partial charge in [-0.05, 0) is 11.1 Å². The highest BCUT2D eigenvalue weighted by atomic mass is 32.1. The second-order valence-corrected chi connectivity index (χ2v) is 6.75. The molecule has 3 rings (SSSR count). The van der Waals surface area contributed by atoms with Crippen molar-refractivity contribution in [1.82, 2.24) is 9.88 Å². The number of carbonyl (C=O) groups excluding carboxylic acids is 2. The van der Waals surface area contributed by atoms with Gasteiger partial charge in [0.1, 0.15) is 5.69 Å². The van der Waals surface area contributed by atoms with Crippen LogP contribution in [0.15, 0.2) is 66.0 Å². The molecule has 0 spiro atoms. The van der Waals surface area contributed by atoms with Crippen molar-refractivity contribution >= 4 is 28.3 Å². The van der Waals surface area contributed by atoms with E-state index in [1.165, 1.54) is 11.3 Å². The van der Waals surface area contributed by atoms with Crippen LogP contribution in [0.2, 0.25) is 0 Å². The number of rotatable bonds is 6. The number of nitrogens with zero attached hydrogens (tertiary/aromatic N) is 2. The molecule has 0 aliphatic rings. The lowest BCUT2D eigenvalue weighted by atomic mass is 10.1. The Labute approximate surface area is 156 Å². The van der Waals surface area contributed by atoms with Crippen molar-refractivity contribution in [2.75, 3.05) is 12.4 Å². The molecule has 3 aromatic rings. The van der Waals surface area contributed by atoms with Gasteiger partial charge in [-0.25, -0.2) is 4.98 Å². The lowest BCUT2D eigenvalue weighted by Gasteiger charge is -2.15. The Morgan fingerprint density at radius 1 is 1.00 bits per heavy atom. The summed E-state index contributed by atoms with van der Waals surface area (Å²) in [4.78, 5) is 30.5. The number of benzene rings is 2. The Balaban J connectivity index is 1.58. The highest BCUT2D eigenvalue weighted by Crippen LogP contribution is 2.18. The zero-order valence-corrected chi connectivity index (χ0v) is 15.2. The normalized spacial score (nSPS) is 10.3. The molecule has 1 N–H and O–H groups in total. The minimum Gasteiger partial charge on any atom is -0.336 e. The van der Waals surface area contributed by atoms with Crippen molar-refractivity contribution in [2.24, 2.45) is 0 Å². The van der Waals surface area contributed by atoms with E-state index < -0.39 is 0 Å². The van der Waals surface area contributed by atoms with Crippen molar-refractivity contribution in [3.05, 3.63) is 82.9 Å². The lowest BCUT2D eigenvalue weighted by Crippen LogP contribution is -2.26. The molecule has 0 unspecified atom stereocenters. The fourth-order valence-corrected chi connectivity index (χ4v) is 3.20. The van der Waals surface area contributed by atoms with E-state index in [2.05, 4.69) is 10.3 Å². The smallest absolute Gasteiger partial charge is 0.273 e. The first kappa shape index (κ1) is 17.8. The average Bonchev–Trinajstić information content (AvgIpc) is 3.11. The summed E-state index contributed by atoms with van der Waals surface area (Å²) in [6, 6.07) is 19.3. The van der Waals surface area contributed by atoms with Crippen LogP contribution in [0.4, 0.5) is 5.13 Å². The Morgan fingerprint density at radius 3 is 2.27 bits per heavy atom. The van der Waals surface area contributed by atoms with E-state index >= 15 is 0 Å². The summed E-state index contributed by atoms with van der Waals surface area (Å²) in [7, 11) is 1.74. The Kier molecular flexibility index (Phi) is 5.76. The number of amides is 2. The number of anilines is 1. The first-order valence-electron chi connectivity index (χ1n) is 8.20. The summed E-state index contributed by atoms with van der Waals surface area (Å²) in [5.74, 6) is -0.323. The second kappa shape index (κ2) is 8.40. The Morgan fingerprint density at radius 2 is 1.62 bits per heavy atom. The highest BCUT2D eigenvalue weighted by Gasteiger charge is 2.16. The van der Waals surface area contributed by atoms with Crippen molar-refractivity contribution in [1.29, 1.82) is 0 Å². The zero-order chi connectivity index (χ0) is 18.4. The second-order valence-electron chi connectivity index (χ2n) is 5.90. The van der Waals surface area contributed by atoms with Gasteiger partial charge >= 0.3 is 0 Å². The van der Waals surface area contributed by atoms with Gasteiger partial charge in [0.05, 0.1) is 6.42 Å². The summed E-state index contributed by atoms with van der Waals surface area (Å²) in [5, 5.41) is 4.85. The van der Waals surface area contributed by atoms with Crippen molar-refractivity contribution < 1.29 is 9.59 Å². The molecule has 0 fully saturated rings. The predicted octanol–water partition coefficient (Wildman–Crippen LogP) is 3.60. The SMILES string of the molecule is CN(Cc1ccccc1)C(=O)c1csc(NC(=O)Cc2ccccc2)n1. The largest absolute Gasteiger partial charge is 0.336 e. The summed E-state index contributed by atoms with van der Waals surface area (Å²) in [5.41, 5.74) is 2.32. The number of aromatic nitrogens is 1. The Hall–Kier alpha value is -2.99. The van der Waals surface area contributed by atoms with E-state index in [0.717, 1.165) is 11.1 Å². The molecule has 26 heavy (non-hydrogen) atoms. The fraction of sp³-hybridized carbons (Fsp3) is 0.150. The molecule has 0 saturated carbocycles. The van der Waals surface area contributed by atoms with Crippen LogP contribution in [0.3, 0.4) is 0 Å². The molecular formula is C20H19N3O2S. The van der Waals surface area contributed by atoms with Gasteiger partial charge in [-0.1, -0.05) is 60.7 Å². The van der Waals surface area contributed by atoms with E-state index in [1.807, 2.05) is 60.7 Å². The topological polar surface area (TPSA) is 62.3 Å². The highest BCUT2D eigenvalue weighted by molar-refractivity contribution is 7.14. The summed E-state index contributed by atoms with van der Waals surface area (Å²) < 4.78 is 0. The van der Waals surface area contributed by atoms with Crippen LogP contribution in [-0.2, 0) is 17.8 Å². The molecule has 2 aromatic carbocycles. The number of nitrogens with one attached hydrogen (secondary N) is 1. The summed E-state index contributed by atoms with van der Waals surface area (Å²) >= 11 is 1.25. The third-order valence-corrected chi connectivity index (χ3v) is 4.54. The first-order chi connectivity index (χ1) is 12.6. The molecule has 132 valence electrons. The summed E-state index contributed by atoms with van der Waals surface area (Å²) in [6.45, 7) is 0.507.